The molecule has 4 nitrogen and oxygen atoms in total. The third kappa shape index (κ3) is 3.33. The van der Waals surface area contributed by atoms with Crippen LogP contribution in [0, 0.1) is 0 Å². The minimum atomic E-state index is -1.33. The summed E-state index contributed by atoms with van der Waals surface area (Å²) in [7, 11) is -1.33. The summed E-state index contributed by atoms with van der Waals surface area (Å²) in [5.74, 6) is -0.266. The van der Waals surface area contributed by atoms with E-state index in [1.54, 1.807) is 19.1 Å². The fourth-order valence-electron chi connectivity index (χ4n) is 1.70. The first-order valence-corrected chi connectivity index (χ1v) is 8.25. The van der Waals surface area contributed by atoms with E-state index in [-0.39, 0.29) is 5.91 Å². The van der Waals surface area contributed by atoms with Crippen LogP contribution < -0.4 is 11.1 Å². The van der Waals surface area contributed by atoms with E-state index < -0.39 is 16.0 Å². The highest BCUT2D eigenvalue weighted by molar-refractivity contribution is 7.88. The largest absolute Gasteiger partial charge is 0.326 e. The average Bonchev–Trinajstić information content (AvgIpc) is 3.00. The molecule has 2 aromatic rings. The molecule has 2 atom stereocenters. The summed E-state index contributed by atoms with van der Waals surface area (Å²) in [6.07, 6.45) is 0. The number of para-hydroxylation sites is 1. The molecule has 20 heavy (non-hydrogen) atoms. The molecule has 0 saturated heterocycles. The van der Waals surface area contributed by atoms with Gasteiger partial charge in [-0.3, -0.25) is 9.00 Å². The molecule has 0 saturated carbocycles. The lowest BCUT2D eigenvalue weighted by atomic mass is 10.2. The molecule has 1 aromatic heterocycles. The van der Waals surface area contributed by atoms with Crippen molar-refractivity contribution < 1.29 is 9.00 Å². The fraction of sp³-hybridized carbons (Fsp3) is 0.214. The topological polar surface area (TPSA) is 72.2 Å². The van der Waals surface area contributed by atoms with E-state index in [0.717, 1.165) is 5.56 Å². The molecule has 3 N–H and O–H groups in total. The highest BCUT2D eigenvalue weighted by atomic mass is 32.2. The van der Waals surface area contributed by atoms with Crippen molar-refractivity contribution in [3.05, 3.63) is 47.3 Å². The van der Waals surface area contributed by atoms with Crippen LogP contribution in [0.5, 0.6) is 0 Å². The number of carbonyl (C=O) groups excluding carboxylic acids is 1. The van der Waals surface area contributed by atoms with Crippen molar-refractivity contribution in [1.82, 2.24) is 0 Å². The Balaban J connectivity index is 2.10. The highest BCUT2D eigenvalue weighted by Gasteiger charge is 2.22. The average molecular weight is 308 g/mol. The summed E-state index contributed by atoms with van der Waals surface area (Å²) in [5.41, 5.74) is 7.16. The number of hydrogen-bond donors (Lipinski definition) is 2. The van der Waals surface area contributed by atoms with Crippen molar-refractivity contribution in [3.8, 4) is 0 Å². The number of carbonyl (C=O) groups is 1. The molecule has 0 aliphatic heterocycles. The molecule has 1 amide bonds. The lowest BCUT2D eigenvalue weighted by Gasteiger charge is -2.13. The van der Waals surface area contributed by atoms with Gasteiger partial charge in [-0.2, -0.15) is 0 Å². The van der Waals surface area contributed by atoms with Crippen LogP contribution >= 0.6 is 11.3 Å². The van der Waals surface area contributed by atoms with E-state index in [1.807, 2.05) is 29.6 Å². The molecular formula is C14H16N2O2S2. The van der Waals surface area contributed by atoms with Crippen LogP contribution in [0.15, 0.2) is 46.0 Å². The van der Waals surface area contributed by atoms with E-state index in [0.29, 0.717) is 16.4 Å². The van der Waals surface area contributed by atoms with Gasteiger partial charge in [0.05, 0.1) is 15.0 Å². The van der Waals surface area contributed by atoms with Gasteiger partial charge < -0.3 is 11.1 Å². The van der Waals surface area contributed by atoms with Gasteiger partial charge >= 0.3 is 0 Å². The zero-order chi connectivity index (χ0) is 14.5. The van der Waals surface area contributed by atoms with Crippen LogP contribution in [-0.4, -0.2) is 15.4 Å². The first kappa shape index (κ1) is 14.9. The van der Waals surface area contributed by atoms with Gasteiger partial charge in [0.2, 0.25) is 5.91 Å². The summed E-state index contributed by atoms with van der Waals surface area (Å²) in [5, 5.41) is 4.03. The SMILES string of the molecule is CC(C(=O)Nc1ccccc1CN)S(=O)c1cccs1. The van der Waals surface area contributed by atoms with Crippen LogP contribution in [0.2, 0.25) is 0 Å². The predicted octanol–water partition coefficient (Wildman–Crippen LogP) is 2.34. The molecule has 0 spiro atoms. The van der Waals surface area contributed by atoms with Crippen molar-refractivity contribution in [2.45, 2.75) is 22.9 Å². The first-order chi connectivity index (χ1) is 9.63. The lowest BCUT2D eigenvalue weighted by Crippen LogP contribution is -2.29. The maximum atomic E-state index is 12.2. The Morgan fingerprint density at radius 1 is 1.35 bits per heavy atom. The van der Waals surface area contributed by atoms with Gasteiger partial charge in [-0.05, 0) is 30.0 Å². The monoisotopic (exact) mass is 308 g/mol. The quantitative estimate of drug-likeness (QED) is 0.890. The van der Waals surface area contributed by atoms with E-state index in [1.165, 1.54) is 11.3 Å². The van der Waals surface area contributed by atoms with Gasteiger partial charge in [0, 0.05) is 12.2 Å². The molecule has 2 rings (SSSR count). The summed E-state index contributed by atoms with van der Waals surface area (Å²) in [4.78, 5) is 12.2. The van der Waals surface area contributed by atoms with E-state index in [2.05, 4.69) is 5.32 Å². The number of amides is 1. The molecule has 106 valence electrons. The van der Waals surface area contributed by atoms with Crippen molar-refractivity contribution in [2.75, 3.05) is 5.32 Å². The van der Waals surface area contributed by atoms with Gasteiger partial charge in [0.25, 0.3) is 0 Å². The number of thiophene rings is 1. The second kappa shape index (κ2) is 6.78. The molecular weight excluding hydrogens is 292 g/mol. The van der Waals surface area contributed by atoms with Crippen LogP contribution in [0.25, 0.3) is 0 Å². The molecule has 0 aliphatic rings. The normalized spacial score (nSPS) is 13.7. The Bertz CT molecular complexity index is 611. The van der Waals surface area contributed by atoms with Crippen molar-refractivity contribution in [2.24, 2.45) is 5.73 Å². The second-order valence-electron chi connectivity index (χ2n) is 4.22. The van der Waals surface area contributed by atoms with Crippen LogP contribution in [0.1, 0.15) is 12.5 Å². The maximum absolute atomic E-state index is 12.2. The number of nitrogens with two attached hydrogens (primary N) is 1. The van der Waals surface area contributed by atoms with Gasteiger partial charge in [-0.25, -0.2) is 0 Å². The minimum absolute atomic E-state index is 0.266. The summed E-state index contributed by atoms with van der Waals surface area (Å²) < 4.78 is 12.9. The number of benzene rings is 1. The number of rotatable bonds is 5. The molecule has 1 aromatic carbocycles. The van der Waals surface area contributed by atoms with E-state index in [4.69, 9.17) is 5.73 Å². The third-order valence-electron chi connectivity index (χ3n) is 2.88. The zero-order valence-corrected chi connectivity index (χ0v) is 12.7. The van der Waals surface area contributed by atoms with Crippen LogP contribution in [-0.2, 0) is 22.1 Å². The van der Waals surface area contributed by atoms with Crippen molar-refractivity contribution >= 4 is 33.7 Å². The Morgan fingerprint density at radius 2 is 2.10 bits per heavy atom. The van der Waals surface area contributed by atoms with Gasteiger partial charge in [0.1, 0.15) is 5.25 Å². The van der Waals surface area contributed by atoms with Crippen LogP contribution in [0.4, 0.5) is 5.69 Å². The fourth-order valence-corrected chi connectivity index (χ4v) is 3.95. The van der Waals surface area contributed by atoms with E-state index >= 15 is 0 Å². The standard InChI is InChI=1S/C14H16N2O2S2/c1-10(20(18)13-7-4-8-19-13)14(17)16-12-6-3-2-5-11(12)9-15/h2-8,10H,9,15H2,1H3,(H,16,17). The van der Waals surface area contributed by atoms with Gasteiger partial charge in [0.15, 0.2) is 0 Å². The first-order valence-electron chi connectivity index (χ1n) is 6.16. The minimum Gasteiger partial charge on any atom is -0.326 e. The van der Waals surface area contributed by atoms with Crippen LogP contribution in [0.3, 0.4) is 0 Å². The van der Waals surface area contributed by atoms with Crippen molar-refractivity contribution in [1.29, 1.82) is 0 Å². The smallest absolute Gasteiger partial charge is 0.240 e. The van der Waals surface area contributed by atoms with E-state index in [9.17, 15) is 9.00 Å². The molecule has 2 unspecified atom stereocenters. The Labute approximate surface area is 124 Å². The summed E-state index contributed by atoms with van der Waals surface area (Å²) >= 11 is 1.39. The maximum Gasteiger partial charge on any atom is 0.240 e. The Morgan fingerprint density at radius 3 is 2.75 bits per heavy atom. The van der Waals surface area contributed by atoms with Crippen molar-refractivity contribution in [3.63, 3.8) is 0 Å². The second-order valence-corrected chi connectivity index (χ2v) is 7.17. The summed E-state index contributed by atoms with van der Waals surface area (Å²) in [6.45, 7) is 2.01. The highest BCUT2D eigenvalue weighted by Crippen LogP contribution is 2.19. The number of anilines is 1. The van der Waals surface area contributed by atoms with Gasteiger partial charge in [-0.15, -0.1) is 11.3 Å². The molecule has 0 fully saturated rings. The molecule has 0 aliphatic carbocycles. The Kier molecular flexibility index (Phi) is 5.05. The lowest BCUT2D eigenvalue weighted by molar-refractivity contribution is -0.115. The Hall–Kier alpha value is -1.50. The molecule has 1 heterocycles. The number of nitrogens with one attached hydrogen (secondary N) is 1. The molecule has 0 radical (unpaired) electrons. The van der Waals surface area contributed by atoms with Gasteiger partial charge in [-0.1, -0.05) is 24.3 Å². The number of hydrogen-bond acceptors (Lipinski definition) is 4. The molecule has 0 bridgehead atoms. The zero-order valence-electron chi connectivity index (χ0n) is 11.0. The summed E-state index contributed by atoms with van der Waals surface area (Å²) in [6, 6.07) is 10.9. The molecule has 6 heteroatoms. The predicted molar refractivity (Wildman–Crippen MR) is 83.2 cm³/mol. The third-order valence-corrected chi connectivity index (χ3v) is 5.71.